The fourth-order valence-corrected chi connectivity index (χ4v) is 2.43. The average molecular weight is 290 g/mol. The molecule has 1 aliphatic heterocycles. The number of anilines is 1. The first-order chi connectivity index (χ1) is 9.94. The Labute approximate surface area is 127 Å². The van der Waals surface area contributed by atoms with E-state index in [4.69, 9.17) is 4.74 Å². The van der Waals surface area contributed by atoms with Crippen molar-refractivity contribution in [2.24, 2.45) is 0 Å². The van der Waals surface area contributed by atoms with E-state index in [1.807, 2.05) is 39.0 Å². The van der Waals surface area contributed by atoms with Crippen LogP contribution in [0.3, 0.4) is 0 Å². The summed E-state index contributed by atoms with van der Waals surface area (Å²) in [5, 5.41) is 2.97. The van der Waals surface area contributed by atoms with Gasteiger partial charge in [-0.3, -0.25) is 9.69 Å². The summed E-state index contributed by atoms with van der Waals surface area (Å²) in [6.45, 7) is 9.12. The van der Waals surface area contributed by atoms with Gasteiger partial charge in [-0.15, -0.1) is 0 Å². The smallest absolute Gasteiger partial charge is 0.250 e. The number of benzene rings is 1. The third kappa shape index (κ3) is 5.48. The van der Waals surface area contributed by atoms with E-state index in [1.54, 1.807) is 0 Å². The second-order valence-corrected chi connectivity index (χ2v) is 6.59. The molecule has 1 N–H and O–H groups in total. The average Bonchev–Trinajstić information content (AvgIpc) is 2.91. The summed E-state index contributed by atoms with van der Waals surface area (Å²) in [6, 6.07) is 8.01. The van der Waals surface area contributed by atoms with Crippen molar-refractivity contribution in [3.8, 4) is 0 Å². The number of carbonyl (C=O) groups is 1. The van der Waals surface area contributed by atoms with Crippen molar-refractivity contribution >= 4 is 11.6 Å². The van der Waals surface area contributed by atoms with Crippen molar-refractivity contribution in [2.45, 2.75) is 45.8 Å². The van der Waals surface area contributed by atoms with E-state index in [9.17, 15) is 4.79 Å². The van der Waals surface area contributed by atoms with Crippen LogP contribution in [0.4, 0.5) is 5.69 Å². The van der Waals surface area contributed by atoms with Gasteiger partial charge in [-0.25, -0.2) is 0 Å². The lowest BCUT2D eigenvalue weighted by atomic mass is 10.1. The minimum atomic E-state index is -0.299. The predicted molar refractivity (Wildman–Crippen MR) is 85.3 cm³/mol. The first kappa shape index (κ1) is 16.0. The van der Waals surface area contributed by atoms with Gasteiger partial charge in [-0.1, -0.05) is 18.2 Å². The van der Waals surface area contributed by atoms with Crippen molar-refractivity contribution in [1.29, 1.82) is 0 Å². The fraction of sp³-hybridized carbons (Fsp3) is 0.588. The van der Waals surface area contributed by atoms with E-state index >= 15 is 0 Å². The van der Waals surface area contributed by atoms with Crippen LogP contribution in [-0.4, -0.2) is 36.1 Å². The van der Waals surface area contributed by atoms with E-state index in [-0.39, 0.29) is 18.1 Å². The minimum absolute atomic E-state index is 0.0849. The number of para-hydroxylation sites is 1. The van der Waals surface area contributed by atoms with Crippen LogP contribution in [0.15, 0.2) is 24.3 Å². The Hall–Kier alpha value is -1.39. The minimum Gasteiger partial charge on any atom is -0.366 e. The first-order valence-electron chi connectivity index (χ1n) is 7.68. The van der Waals surface area contributed by atoms with Gasteiger partial charge >= 0.3 is 0 Å². The van der Waals surface area contributed by atoms with Crippen LogP contribution in [0.25, 0.3) is 0 Å². The topological polar surface area (TPSA) is 41.6 Å². The first-order valence-corrected chi connectivity index (χ1v) is 7.68. The SMILES string of the molecule is CC(C)(C)OCC(=O)Nc1ccccc1CN1CCCC1. The highest BCUT2D eigenvalue weighted by Crippen LogP contribution is 2.20. The van der Waals surface area contributed by atoms with Gasteiger partial charge < -0.3 is 10.1 Å². The molecule has 1 aliphatic rings. The lowest BCUT2D eigenvalue weighted by molar-refractivity contribution is -0.125. The molecular weight excluding hydrogens is 264 g/mol. The Bertz CT molecular complexity index is 474. The maximum Gasteiger partial charge on any atom is 0.250 e. The molecule has 0 saturated carbocycles. The molecule has 0 spiro atoms. The second kappa shape index (κ2) is 7.05. The van der Waals surface area contributed by atoms with Crippen LogP contribution >= 0.6 is 0 Å². The molecule has 0 bridgehead atoms. The lowest BCUT2D eigenvalue weighted by Gasteiger charge is -2.20. The number of likely N-dealkylation sites (tertiary alicyclic amines) is 1. The Morgan fingerprint density at radius 2 is 1.90 bits per heavy atom. The van der Waals surface area contributed by atoms with Crippen LogP contribution in [0.5, 0.6) is 0 Å². The molecule has 1 fully saturated rings. The summed E-state index contributed by atoms with van der Waals surface area (Å²) in [5.74, 6) is -0.0983. The lowest BCUT2D eigenvalue weighted by Crippen LogP contribution is -2.27. The maximum atomic E-state index is 12.0. The molecule has 0 aliphatic carbocycles. The quantitative estimate of drug-likeness (QED) is 0.906. The van der Waals surface area contributed by atoms with Crippen molar-refractivity contribution in [1.82, 2.24) is 4.90 Å². The largest absolute Gasteiger partial charge is 0.366 e. The van der Waals surface area contributed by atoms with E-state index in [2.05, 4.69) is 16.3 Å². The zero-order valence-corrected chi connectivity index (χ0v) is 13.3. The monoisotopic (exact) mass is 290 g/mol. The molecule has 0 radical (unpaired) electrons. The standard InChI is InChI=1S/C17H26N2O2/c1-17(2,3)21-13-16(20)18-15-9-5-4-8-14(15)12-19-10-6-7-11-19/h4-5,8-9H,6-7,10-13H2,1-3H3,(H,18,20). The van der Waals surface area contributed by atoms with Gasteiger partial charge in [0.15, 0.2) is 0 Å². The number of hydrogen-bond acceptors (Lipinski definition) is 3. The van der Waals surface area contributed by atoms with Crippen molar-refractivity contribution in [3.63, 3.8) is 0 Å². The van der Waals surface area contributed by atoms with Crippen LogP contribution in [0, 0.1) is 0 Å². The highest BCUT2D eigenvalue weighted by Gasteiger charge is 2.16. The molecule has 1 aromatic carbocycles. The summed E-state index contributed by atoms with van der Waals surface area (Å²) in [5.41, 5.74) is 1.77. The number of nitrogens with zero attached hydrogens (tertiary/aromatic N) is 1. The van der Waals surface area contributed by atoms with Crippen LogP contribution in [-0.2, 0) is 16.1 Å². The molecule has 116 valence electrons. The molecule has 0 atom stereocenters. The normalized spacial score (nSPS) is 16.1. The van der Waals surface area contributed by atoms with Crippen LogP contribution in [0.2, 0.25) is 0 Å². The van der Waals surface area contributed by atoms with Gasteiger partial charge in [0.25, 0.3) is 0 Å². The van der Waals surface area contributed by atoms with Crippen molar-refractivity contribution in [3.05, 3.63) is 29.8 Å². The molecule has 1 saturated heterocycles. The van der Waals surface area contributed by atoms with Crippen molar-refractivity contribution < 1.29 is 9.53 Å². The van der Waals surface area contributed by atoms with Gasteiger partial charge in [0, 0.05) is 12.2 Å². The third-order valence-electron chi connectivity index (χ3n) is 3.52. The Balaban J connectivity index is 1.94. The number of nitrogens with one attached hydrogen (secondary N) is 1. The van der Waals surface area contributed by atoms with Gasteiger partial charge in [0.1, 0.15) is 6.61 Å². The molecule has 0 aromatic heterocycles. The van der Waals surface area contributed by atoms with E-state index in [1.165, 1.54) is 18.4 Å². The maximum absolute atomic E-state index is 12.0. The summed E-state index contributed by atoms with van der Waals surface area (Å²) >= 11 is 0. The third-order valence-corrected chi connectivity index (χ3v) is 3.52. The van der Waals surface area contributed by atoms with E-state index in [0.29, 0.717) is 0 Å². The molecule has 21 heavy (non-hydrogen) atoms. The highest BCUT2D eigenvalue weighted by molar-refractivity contribution is 5.92. The molecular formula is C17H26N2O2. The predicted octanol–water partition coefficient (Wildman–Crippen LogP) is 3.04. The fourth-order valence-electron chi connectivity index (χ4n) is 2.43. The number of ether oxygens (including phenoxy) is 1. The molecule has 1 amide bonds. The van der Waals surface area contributed by atoms with Gasteiger partial charge in [0.2, 0.25) is 5.91 Å². The number of hydrogen-bond donors (Lipinski definition) is 1. The van der Waals surface area contributed by atoms with Gasteiger partial charge in [-0.2, -0.15) is 0 Å². The zero-order chi connectivity index (χ0) is 15.3. The summed E-state index contributed by atoms with van der Waals surface area (Å²) in [4.78, 5) is 14.4. The van der Waals surface area contributed by atoms with Crippen LogP contribution < -0.4 is 5.32 Å². The molecule has 2 rings (SSSR count). The summed E-state index contributed by atoms with van der Waals surface area (Å²) in [6.07, 6.45) is 2.54. The molecule has 1 heterocycles. The Morgan fingerprint density at radius 3 is 2.57 bits per heavy atom. The van der Waals surface area contributed by atoms with E-state index < -0.39 is 0 Å². The molecule has 1 aromatic rings. The van der Waals surface area contributed by atoms with Gasteiger partial charge in [-0.05, 0) is 58.3 Å². The number of carbonyl (C=O) groups excluding carboxylic acids is 1. The Kier molecular flexibility index (Phi) is 5.37. The summed E-state index contributed by atoms with van der Waals surface area (Å²) < 4.78 is 5.51. The zero-order valence-electron chi connectivity index (χ0n) is 13.3. The number of amides is 1. The summed E-state index contributed by atoms with van der Waals surface area (Å²) in [7, 11) is 0. The molecule has 4 heteroatoms. The Morgan fingerprint density at radius 1 is 1.24 bits per heavy atom. The second-order valence-electron chi connectivity index (χ2n) is 6.59. The van der Waals surface area contributed by atoms with Crippen LogP contribution in [0.1, 0.15) is 39.2 Å². The van der Waals surface area contributed by atoms with Crippen molar-refractivity contribution in [2.75, 3.05) is 25.0 Å². The van der Waals surface area contributed by atoms with Gasteiger partial charge in [0.05, 0.1) is 5.60 Å². The van der Waals surface area contributed by atoms with E-state index in [0.717, 1.165) is 25.3 Å². The highest BCUT2D eigenvalue weighted by atomic mass is 16.5. The molecule has 4 nitrogen and oxygen atoms in total. The molecule has 0 unspecified atom stereocenters. The number of rotatable bonds is 5.